The second kappa shape index (κ2) is 7.44. The summed E-state index contributed by atoms with van der Waals surface area (Å²) >= 11 is 5.95. The van der Waals surface area contributed by atoms with Gasteiger partial charge in [-0.05, 0) is 18.2 Å². The van der Waals surface area contributed by atoms with E-state index in [0.717, 1.165) is 13.1 Å². The summed E-state index contributed by atoms with van der Waals surface area (Å²) in [6.45, 7) is 4.05. The fourth-order valence-corrected chi connectivity index (χ4v) is 3.03. The van der Waals surface area contributed by atoms with Gasteiger partial charge >= 0.3 is 6.03 Å². The zero-order valence-electron chi connectivity index (χ0n) is 12.6. The maximum absolute atomic E-state index is 13.2. The van der Waals surface area contributed by atoms with Crippen molar-refractivity contribution in [1.29, 1.82) is 0 Å². The van der Waals surface area contributed by atoms with E-state index in [1.807, 2.05) is 0 Å². The van der Waals surface area contributed by atoms with Crippen LogP contribution in [0.5, 0.6) is 0 Å². The minimum atomic E-state index is -0.458. The quantitative estimate of drug-likeness (QED) is 0.877. The summed E-state index contributed by atoms with van der Waals surface area (Å²) in [5.41, 5.74) is 0.242. The molecule has 2 amide bonds. The third-order valence-electron chi connectivity index (χ3n) is 4.06. The minimum Gasteiger partial charge on any atom is -0.379 e. The molecule has 2 fully saturated rings. The van der Waals surface area contributed by atoms with Crippen LogP contribution in [0.1, 0.15) is 0 Å². The van der Waals surface area contributed by atoms with Crippen LogP contribution in [0.25, 0.3) is 0 Å². The predicted molar refractivity (Wildman–Crippen MR) is 84.4 cm³/mol. The van der Waals surface area contributed by atoms with Crippen LogP contribution in [0.15, 0.2) is 18.2 Å². The van der Waals surface area contributed by atoms with Gasteiger partial charge in [0.1, 0.15) is 5.82 Å². The fraction of sp³-hybridized carbons (Fsp3) is 0.533. The predicted octanol–water partition coefficient (Wildman–Crippen LogP) is 1.70. The zero-order chi connectivity index (χ0) is 16.2. The first-order chi connectivity index (χ1) is 11.1. The highest BCUT2D eigenvalue weighted by Gasteiger charge is 2.34. The lowest BCUT2D eigenvalue weighted by Crippen LogP contribution is -2.54. The number of hydrogen-bond acceptors (Lipinski definition) is 4. The van der Waals surface area contributed by atoms with Gasteiger partial charge in [0.2, 0.25) is 0 Å². The summed E-state index contributed by atoms with van der Waals surface area (Å²) in [6.07, 6.45) is 0. The Balaban J connectivity index is 1.59. The van der Waals surface area contributed by atoms with Crippen LogP contribution in [0.3, 0.4) is 0 Å². The third-order valence-corrected chi connectivity index (χ3v) is 4.39. The molecular weight excluding hydrogens is 325 g/mol. The summed E-state index contributed by atoms with van der Waals surface area (Å²) in [5.74, 6) is -0.458. The van der Waals surface area contributed by atoms with Crippen LogP contribution < -0.4 is 10.6 Å². The summed E-state index contributed by atoms with van der Waals surface area (Å²) in [5, 5.41) is 5.75. The molecule has 1 aromatic carbocycles. The van der Waals surface area contributed by atoms with E-state index >= 15 is 0 Å². The molecule has 0 aliphatic carbocycles. The summed E-state index contributed by atoms with van der Waals surface area (Å²) in [4.78, 5) is 14.4. The van der Waals surface area contributed by atoms with Crippen molar-refractivity contribution >= 4 is 23.3 Å². The lowest BCUT2D eigenvalue weighted by atomic mass is 10.1. The number of nitrogens with zero attached hydrogens (tertiary/aromatic N) is 1. The molecule has 0 saturated carbocycles. The zero-order valence-corrected chi connectivity index (χ0v) is 13.3. The molecule has 2 aliphatic rings. The Morgan fingerprint density at radius 2 is 2.04 bits per heavy atom. The molecular formula is C15H19ClFN3O3. The van der Waals surface area contributed by atoms with Crippen LogP contribution in [-0.4, -0.2) is 62.5 Å². The lowest BCUT2D eigenvalue weighted by molar-refractivity contribution is 0.0113. The van der Waals surface area contributed by atoms with Gasteiger partial charge in [0, 0.05) is 13.1 Å². The molecule has 126 valence electrons. The summed E-state index contributed by atoms with van der Waals surface area (Å²) in [6, 6.07) is 3.40. The van der Waals surface area contributed by atoms with E-state index in [1.165, 1.54) is 18.2 Å². The number of urea groups is 1. The van der Waals surface area contributed by atoms with Gasteiger partial charge < -0.3 is 20.1 Å². The number of carbonyl (C=O) groups excluding carboxylic acids is 1. The molecule has 23 heavy (non-hydrogen) atoms. The van der Waals surface area contributed by atoms with Gasteiger partial charge in [-0.3, -0.25) is 4.90 Å². The number of morpholine rings is 1. The highest BCUT2D eigenvalue weighted by atomic mass is 35.5. The van der Waals surface area contributed by atoms with E-state index in [-0.39, 0.29) is 22.8 Å². The number of amides is 2. The molecule has 2 saturated heterocycles. The first-order valence-electron chi connectivity index (χ1n) is 7.55. The minimum absolute atomic E-state index is 0.118. The van der Waals surface area contributed by atoms with Crippen LogP contribution in [0.4, 0.5) is 14.9 Å². The van der Waals surface area contributed by atoms with E-state index < -0.39 is 11.8 Å². The Morgan fingerprint density at radius 3 is 2.83 bits per heavy atom. The smallest absolute Gasteiger partial charge is 0.319 e. The lowest BCUT2D eigenvalue weighted by Gasteiger charge is -2.34. The SMILES string of the molecule is O=C(Nc1cc(F)ccc1Cl)N[C@H]1COC[C@@H]1N1CCOCC1. The molecule has 2 atom stereocenters. The fourth-order valence-electron chi connectivity index (χ4n) is 2.87. The number of anilines is 1. The van der Waals surface area contributed by atoms with Crippen LogP contribution in [0.2, 0.25) is 5.02 Å². The Morgan fingerprint density at radius 1 is 1.26 bits per heavy atom. The van der Waals surface area contributed by atoms with Gasteiger partial charge in [-0.1, -0.05) is 11.6 Å². The second-order valence-corrected chi connectivity index (χ2v) is 5.99. The first kappa shape index (κ1) is 16.4. The monoisotopic (exact) mass is 343 g/mol. The number of nitrogens with one attached hydrogen (secondary N) is 2. The van der Waals surface area contributed by atoms with Gasteiger partial charge in [-0.2, -0.15) is 0 Å². The Labute approximate surface area is 138 Å². The first-order valence-corrected chi connectivity index (χ1v) is 7.93. The molecule has 0 bridgehead atoms. The molecule has 0 unspecified atom stereocenters. The van der Waals surface area contributed by atoms with Gasteiger partial charge in [-0.15, -0.1) is 0 Å². The summed E-state index contributed by atoms with van der Waals surface area (Å²) in [7, 11) is 0. The molecule has 0 radical (unpaired) electrons. The third kappa shape index (κ3) is 4.11. The van der Waals surface area contributed by atoms with Crippen molar-refractivity contribution < 1.29 is 18.7 Å². The number of hydrogen-bond donors (Lipinski definition) is 2. The van der Waals surface area contributed by atoms with Gasteiger partial charge in [-0.25, -0.2) is 9.18 Å². The van der Waals surface area contributed by atoms with Gasteiger partial charge in [0.25, 0.3) is 0 Å². The maximum Gasteiger partial charge on any atom is 0.319 e. The van der Waals surface area contributed by atoms with Crippen molar-refractivity contribution in [3.05, 3.63) is 29.0 Å². The molecule has 3 rings (SSSR count). The molecule has 2 N–H and O–H groups in total. The van der Waals surface area contributed by atoms with Gasteiger partial charge in [0.15, 0.2) is 0 Å². The number of rotatable bonds is 3. The second-order valence-electron chi connectivity index (χ2n) is 5.58. The molecule has 6 nitrogen and oxygen atoms in total. The van der Waals surface area contributed by atoms with E-state index in [2.05, 4.69) is 15.5 Å². The Bertz CT molecular complexity index is 569. The standard InChI is InChI=1S/C15H19ClFN3O3/c16-11-2-1-10(17)7-12(11)18-15(21)19-13-8-23-9-14(13)20-3-5-22-6-4-20/h1-2,7,13-14H,3-6,8-9H2,(H2,18,19,21)/t13-,14-/m0/s1. The topological polar surface area (TPSA) is 62.8 Å². The highest BCUT2D eigenvalue weighted by Crippen LogP contribution is 2.22. The molecule has 0 aromatic heterocycles. The largest absolute Gasteiger partial charge is 0.379 e. The normalized spacial score (nSPS) is 25.3. The Hall–Kier alpha value is -1.41. The molecule has 0 spiro atoms. The molecule has 1 aromatic rings. The van der Waals surface area contributed by atoms with Crippen LogP contribution in [-0.2, 0) is 9.47 Å². The average molecular weight is 344 g/mol. The van der Waals surface area contributed by atoms with Crippen molar-refractivity contribution in [1.82, 2.24) is 10.2 Å². The van der Waals surface area contributed by atoms with Crippen molar-refractivity contribution in [2.75, 3.05) is 44.8 Å². The molecule has 2 heterocycles. The van der Waals surface area contributed by atoms with Crippen molar-refractivity contribution in [3.63, 3.8) is 0 Å². The highest BCUT2D eigenvalue weighted by molar-refractivity contribution is 6.33. The number of carbonyl (C=O) groups is 1. The van der Waals surface area contributed by atoms with E-state index in [4.69, 9.17) is 21.1 Å². The summed E-state index contributed by atoms with van der Waals surface area (Å²) < 4.78 is 24.1. The van der Waals surface area contributed by atoms with Crippen LogP contribution in [0, 0.1) is 5.82 Å². The number of halogens is 2. The van der Waals surface area contributed by atoms with Crippen molar-refractivity contribution in [2.45, 2.75) is 12.1 Å². The van der Waals surface area contributed by atoms with Crippen molar-refractivity contribution in [3.8, 4) is 0 Å². The molecule has 8 heteroatoms. The number of ether oxygens (including phenoxy) is 2. The number of benzene rings is 1. The van der Waals surface area contributed by atoms with Crippen LogP contribution >= 0.6 is 11.6 Å². The molecule has 2 aliphatic heterocycles. The van der Waals surface area contributed by atoms with E-state index in [9.17, 15) is 9.18 Å². The van der Waals surface area contributed by atoms with E-state index in [1.54, 1.807) is 0 Å². The van der Waals surface area contributed by atoms with E-state index in [0.29, 0.717) is 26.4 Å². The average Bonchev–Trinajstić information content (AvgIpc) is 3.00. The maximum atomic E-state index is 13.2. The van der Waals surface area contributed by atoms with Crippen molar-refractivity contribution in [2.24, 2.45) is 0 Å². The van der Waals surface area contributed by atoms with Gasteiger partial charge in [0.05, 0.1) is 49.2 Å². The Kier molecular flexibility index (Phi) is 5.32.